The molecule has 0 nitrogen and oxygen atoms in total. The van der Waals surface area contributed by atoms with Gasteiger partial charge in [0.2, 0.25) is 0 Å². The molecule has 0 unspecified atom stereocenters. The molecule has 0 radical (unpaired) electrons. The quantitative estimate of drug-likeness (QED) is 0.646. The van der Waals surface area contributed by atoms with E-state index in [-0.39, 0.29) is 7.43 Å². The molecule has 48 valence electrons. The maximum absolute atomic E-state index is 4.64. The van der Waals surface area contributed by atoms with Crippen molar-refractivity contribution in [1.82, 2.24) is 0 Å². The van der Waals surface area contributed by atoms with Gasteiger partial charge in [-0.1, -0.05) is 0 Å². The molecule has 0 amide bonds. The second kappa shape index (κ2) is 10.3. The normalized spacial score (nSPS) is 5.75. The van der Waals surface area contributed by atoms with Crippen molar-refractivity contribution in [1.29, 1.82) is 0 Å². The SMILES string of the molecule is [CH3-].[Cl][Ir+2].c1cc[cH-]c1. The van der Waals surface area contributed by atoms with Gasteiger partial charge in [-0.2, -0.15) is 18.2 Å². The van der Waals surface area contributed by atoms with Crippen molar-refractivity contribution in [2.75, 3.05) is 0 Å². The fourth-order valence-electron chi connectivity index (χ4n) is 0.321. The Morgan fingerprint density at radius 1 is 1.12 bits per heavy atom. The van der Waals surface area contributed by atoms with E-state index < -0.39 is 0 Å². The molecule has 0 bridgehead atoms. The predicted octanol–water partition coefficient (Wildman–Crippen LogP) is 2.54. The predicted molar refractivity (Wildman–Crippen MR) is 34.3 cm³/mol. The Bertz CT molecular complexity index is 65.0. The van der Waals surface area contributed by atoms with E-state index in [9.17, 15) is 0 Å². The number of halogens is 1. The Balaban J connectivity index is 0. The Hall–Kier alpha value is 0.289. The first-order valence-corrected chi connectivity index (χ1v) is 4.76. The van der Waals surface area contributed by atoms with Gasteiger partial charge in [-0.15, -0.1) is 0 Å². The third kappa shape index (κ3) is 6.29. The van der Waals surface area contributed by atoms with Gasteiger partial charge in [0, 0.05) is 0 Å². The molecule has 0 N–H and O–H groups in total. The molecule has 2 heteroatoms. The smallest absolute Gasteiger partial charge is 0.172 e. The summed E-state index contributed by atoms with van der Waals surface area (Å²) in [5.74, 6) is 0. The van der Waals surface area contributed by atoms with Crippen molar-refractivity contribution in [2.45, 2.75) is 0 Å². The van der Waals surface area contributed by atoms with E-state index in [4.69, 9.17) is 0 Å². The summed E-state index contributed by atoms with van der Waals surface area (Å²) in [5, 5.41) is 0. The van der Waals surface area contributed by atoms with Crippen LogP contribution in [0.4, 0.5) is 0 Å². The summed E-state index contributed by atoms with van der Waals surface area (Å²) in [6.07, 6.45) is 0. The molecule has 0 fully saturated rings. The van der Waals surface area contributed by atoms with Gasteiger partial charge in [0.05, 0.1) is 0 Å². The van der Waals surface area contributed by atoms with Crippen LogP contribution >= 0.6 is 9.58 Å². The van der Waals surface area contributed by atoms with E-state index in [0.29, 0.717) is 0 Å². The number of rotatable bonds is 0. The van der Waals surface area contributed by atoms with Gasteiger partial charge in [0.25, 0.3) is 0 Å². The minimum absolute atomic E-state index is 0. The first-order valence-electron chi connectivity index (χ1n) is 1.79. The van der Waals surface area contributed by atoms with Crippen LogP contribution in [0.25, 0.3) is 0 Å². The summed E-state index contributed by atoms with van der Waals surface area (Å²) in [5.41, 5.74) is 0. The van der Waals surface area contributed by atoms with Crippen LogP contribution in [0.5, 0.6) is 0 Å². The van der Waals surface area contributed by atoms with Crippen LogP contribution in [0.1, 0.15) is 0 Å². The average molecular weight is 308 g/mol. The van der Waals surface area contributed by atoms with Gasteiger partial charge in [0.1, 0.15) is 0 Å². The second-order valence-electron chi connectivity index (χ2n) is 0.962. The number of hydrogen-bond acceptors (Lipinski definition) is 0. The van der Waals surface area contributed by atoms with Crippen molar-refractivity contribution >= 4 is 9.58 Å². The van der Waals surface area contributed by atoms with Crippen LogP contribution < -0.4 is 0 Å². The van der Waals surface area contributed by atoms with Crippen LogP contribution in [0.2, 0.25) is 0 Å². The third-order valence-corrected chi connectivity index (χ3v) is 0.556. The van der Waals surface area contributed by atoms with E-state index in [2.05, 4.69) is 9.58 Å². The minimum Gasteiger partial charge on any atom is -0.214 e. The summed E-state index contributed by atoms with van der Waals surface area (Å²) in [6, 6.07) is 10.0. The molecular weight excluding hydrogens is 300 g/mol. The number of hydrogen-bond donors (Lipinski definition) is 0. The molecule has 1 aromatic carbocycles. The van der Waals surface area contributed by atoms with Crippen molar-refractivity contribution in [3.05, 3.63) is 37.8 Å². The summed E-state index contributed by atoms with van der Waals surface area (Å²) >= 11 is 1.47. The molecular formula is C6H8ClIr. The van der Waals surface area contributed by atoms with Crippen LogP contribution in [0.3, 0.4) is 0 Å². The summed E-state index contributed by atoms with van der Waals surface area (Å²) in [4.78, 5) is 0. The molecule has 8 heavy (non-hydrogen) atoms. The van der Waals surface area contributed by atoms with E-state index >= 15 is 0 Å². The molecule has 0 spiro atoms. The minimum atomic E-state index is 0. The molecule has 1 aromatic rings. The maximum Gasteiger partial charge on any atom is -0.172 e. The first kappa shape index (κ1) is 11.1. The third-order valence-electron chi connectivity index (χ3n) is 0.556. The second-order valence-corrected chi connectivity index (χ2v) is 0.962. The maximum atomic E-state index is 4.64. The Morgan fingerprint density at radius 3 is 1.62 bits per heavy atom. The molecule has 0 atom stereocenters. The van der Waals surface area contributed by atoms with Gasteiger partial charge >= 0.3 is 27.5 Å². The Morgan fingerprint density at radius 2 is 1.50 bits per heavy atom. The first-order chi connectivity index (χ1) is 3.50. The van der Waals surface area contributed by atoms with Crippen LogP contribution in [-0.2, 0) is 17.9 Å². The summed E-state index contributed by atoms with van der Waals surface area (Å²) in [6.45, 7) is 0. The largest absolute Gasteiger partial charge is 0.214 e. The van der Waals surface area contributed by atoms with Gasteiger partial charge in [-0.25, -0.2) is 12.1 Å². The molecule has 0 heterocycles. The van der Waals surface area contributed by atoms with Gasteiger partial charge in [-0.3, -0.25) is 0 Å². The van der Waals surface area contributed by atoms with Crippen molar-refractivity contribution in [3.8, 4) is 0 Å². The Kier molecular flexibility index (Phi) is 14.3. The van der Waals surface area contributed by atoms with E-state index in [1.54, 1.807) is 0 Å². The zero-order chi connectivity index (χ0) is 5.54. The topological polar surface area (TPSA) is 0 Å². The van der Waals surface area contributed by atoms with Crippen molar-refractivity contribution in [3.63, 3.8) is 0 Å². The summed E-state index contributed by atoms with van der Waals surface area (Å²) < 4.78 is 0. The zero-order valence-electron chi connectivity index (χ0n) is 4.60. The van der Waals surface area contributed by atoms with E-state index in [1.807, 2.05) is 30.3 Å². The summed E-state index contributed by atoms with van der Waals surface area (Å²) in [7, 11) is 4.64. The molecule has 0 aliphatic carbocycles. The zero-order valence-corrected chi connectivity index (χ0v) is 7.75. The molecule has 0 aliphatic heterocycles. The van der Waals surface area contributed by atoms with E-state index in [0.717, 1.165) is 0 Å². The monoisotopic (exact) mass is 308 g/mol. The van der Waals surface area contributed by atoms with Gasteiger partial charge in [0.15, 0.2) is 0 Å². The molecule has 1 rings (SSSR count). The fourth-order valence-corrected chi connectivity index (χ4v) is 0.321. The molecule has 0 aliphatic rings. The van der Waals surface area contributed by atoms with Gasteiger partial charge < -0.3 is 7.43 Å². The van der Waals surface area contributed by atoms with E-state index in [1.165, 1.54) is 17.9 Å². The standard InChI is InChI=1S/C5H5.CH3.ClH.Ir/c1-2-4-5-3-1;;;/h1-5H;1H3;1H;/q2*-1;;+3/p-1. The molecule has 0 saturated carbocycles. The van der Waals surface area contributed by atoms with Crippen molar-refractivity contribution < 1.29 is 17.9 Å². The molecule has 0 saturated heterocycles. The van der Waals surface area contributed by atoms with Crippen LogP contribution in [0.15, 0.2) is 30.3 Å². The van der Waals surface area contributed by atoms with Crippen molar-refractivity contribution in [2.24, 2.45) is 0 Å². The fraction of sp³-hybridized carbons (Fsp3) is 0. The Labute approximate surface area is 65.4 Å². The van der Waals surface area contributed by atoms with Gasteiger partial charge in [-0.05, 0) is 0 Å². The average Bonchev–Trinajstić information content (AvgIpc) is 2.23. The van der Waals surface area contributed by atoms with Crippen LogP contribution in [-0.4, -0.2) is 0 Å². The molecule has 0 aromatic heterocycles. The van der Waals surface area contributed by atoms with Crippen LogP contribution in [0, 0.1) is 7.43 Å².